The Balaban J connectivity index is 2.60. The highest BCUT2D eigenvalue weighted by Crippen LogP contribution is 2.35. The molecule has 0 bridgehead atoms. The fourth-order valence-electron chi connectivity index (χ4n) is 1.77. The molecule has 3 rings (SSSR count). The molecule has 5 heteroatoms. The van der Waals surface area contributed by atoms with E-state index in [-0.39, 0.29) is 0 Å². The maximum absolute atomic E-state index is 6.06. The van der Waals surface area contributed by atoms with Crippen LogP contribution in [0.5, 0.6) is 0 Å². The van der Waals surface area contributed by atoms with E-state index < -0.39 is 0 Å². The van der Waals surface area contributed by atoms with Gasteiger partial charge in [0, 0.05) is 10.7 Å². The van der Waals surface area contributed by atoms with Gasteiger partial charge in [0.1, 0.15) is 11.2 Å². The Labute approximate surface area is 105 Å². The van der Waals surface area contributed by atoms with Gasteiger partial charge in [-0.2, -0.15) is 0 Å². The molecule has 0 saturated carbocycles. The second kappa shape index (κ2) is 3.37. The van der Waals surface area contributed by atoms with Gasteiger partial charge in [-0.1, -0.05) is 17.7 Å². The summed E-state index contributed by atoms with van der Waals surface area (Å²) in [6.07, 6.45) is 1.95. The SMILES string of the molecule is Nc1c(Cl)c(Br)cc2c1nc1ccccn12. The molecule has 0 atom stereocenters. The zero-order valence-electron chi connectivity index (χ0n) is 8.11. The largest absolute Gasteiger partial charge is 0.396 e. The lowest BCUT2D eigenvalue weighted by Crippen LogP contribution is -1.89. The number of nitrogen functional groups attached to an aromatic ring is 1. The molecule has 16 heavy (non-hydrogen) atoms. The van der Waals surface area contributed by atoms with Crippen LogP contribution in [0.15, 0.2) is 34.9 Å². The molecule has 0 aliphatic heterocycles. The van der Waals surface area contributed by atoms with Crippen LogP contribution in [0.25, 0.3) is 16.7 Å². The van der Waals surface area contributed by atoms with Gasteiger partial charge in [0.25, 0.3) is 0 Å². The number of rotatable bonds is 0. The van der Waals surface area contributed by atoms with Crippen LogP contribution in [-0.4, -0.2) is 9.38 Å². The van der Waals surface area contributed by atoms with Crippen molar-refractivity contribution in [2.24, 2.45) is 0 Å². The van der Waals surface area contributed by atoms with Crippen molar-refractivity contribution in [3.05, 3.63) is 40.0 Å². The second-order valence-electron chi connectivity index (χ2n) is 3.49. The van der Waals surface area contributed by atoms with E-state index >= 15 is 0 Å². The molecule has 0 radical (unpaired) electrons. The summed E-state index contributed by atoms with van der Waals surface area (Å²) in [7, 11) is 0. The summed E-state index contributed by atoms with van der Waals surface area (Å²) in [5.74, 6) is 0. The number of nitrogens with two attached hydrogens (primary N) is 1. The minimum atomic E-state index is 0.509. The normalized spacial score (nSPS) is 11.4. The summed E-state index contributed by atoms with van der Waals surface area (Å²) in [5.41, 5.74) is 9.00. The summed E-state index contributed by atoms with van der Waals surface area (Å²) in [5, 5.41) is 0.510. The summed E-state index contributed by atoms with van der Waals surface area (Å²) in [6.45, 7) is 0. The third kappa shape index (κ3) is 1.23. The van der Waals surface area contributed by atoms with Crippen molar-refractivity contribution in [3.8, 4) is 0 Å². The number of hydrogen-bond acceptors (Lipinski definition) is 2. The molecule has 2 aromatic heterocycles. The van der Waals surface area contributed by atoms with E-state index in [9.17, 15) is 0 Å². The predicted molar refractivity (Wildman–Crippen MR) is 69.8 cm³/mol. The minimum Gasteiger partial charge on any atom is -0.396 e. The molecule has 0 aliphatic carbocycles. The molecule has 3 aromatic rings. The Morgan fingerprint density at radius 3 is 3.00 bits per heavy atom. The number of aromatic nitrogens is 2. The van der Waals surface area contributed by atoms with Crippen LogP contribution in [0.1, 0.15) is 0 Å². The molecule has 1 aromatic carbocycles. The molecular formula is C11H7BrClN3. The van der Waals surface area contributed by atoms with Crippen molar-refractivity contribution in [2.45, 2.75) is 0 Å². The number of hydrogen-bond donors (Lipinski definition) is 1. The van der Waals surface area contributed by atoms with Gasteiger partial charge in [0.2, 0.25) is 0 Å². The lowest BCUT2D eigenvalue weighted by molar-refractivity contribution is 1.23. The van der Waals surface area contributed by atoms with Crippen molar-refractivity contribution < 1.29 is 0 Å². The molecule has 0 fully saturated rings. The van der Waals surface area contributed by atoms with E-state index in [1.807, 2.05) is 34.9 Å². The van der Waals surface area contributed by atoms with Gasteiger partial charge < -0.3 is 5.73 Å². The highest BCUT2D eigenvalue weighted by atomic mass is 79.9. The van der Waals surface area contributed by atoms with Crippen LogP contribution >= 0.6 is 27.5 Å². The first-order chi connectivity index (χ1) is 7.68. The first kappa shape index (κ1) is 9.93. The molecule has 0 aliphatic rings. The highest BCUT2D eigenvalue weighted by Gasteiger charge is 2.12. The number of imidazole rings is 1. The van der Waals surface area contributed by atoms with Gasteiger partial charge in [0.15, 0.2) is 0 Å². The summed E-state index contributed by atoms with van der Waals surface area (Å²) in [6, 6.07) is 7.75. The third-order valence-corrected chi connectivity index (χ3v) is 3.79. The van der Waals surface area contributed by atoms with Crippen molar-refractivity contribution in [1.82, 2.24) is 9.38 Å². The minimum absolute atomic E-state index is 0.509. The molecule has 80 valence electrons. The molecule has 2 N–H and O–H groups in total. The van der Waals surface area contributed by atoms with Crippen molar-refractivity contribution in [3.63, 3.8) is 0 Å². The lowest BCUT2D eigenvalue weighted by Gasteiger charge is -2.01. The molecular weight excluding hydrogens is 289 g/mol. The van der Waals surface area contributed by atoms with Crippen molar-refractivity contribution >= 4 is 49.9 Å². The number of pyridine rings is 1. The second-order valence-corrected chi connectivity index (χ2v) is 4.73. The number of halogens is 2. The topological polar surface area (TPSA) is 43.3 Å². The smallest absolute Gasteiger partial charge is 0.137 e. The van der Waals surface area contributed by atoms with Crippen molar-refractivity contribution in [2.75, 3.05) is 5.73 Å². The highest BCUT2D eigenvalue weighted by molar-refractivity contribution is 9.10. The monoisotopic (exact) mass is 295 g/mol. The fourth-order valence-corrected chi connectivity index (χ4v) is 2.34. The first-order valence-electron chi connectivity index (χ1n) is 4.69. The fraction of sp³-hybridized carbons (Fsp3) is 0. The number of fused-ring (bicyclic) bond motifs is 3. The van der Waals surface area contributed by atoms with Crippen LogP contribution < -0.4 is 5.73 Å². The van der Waals surface area contributed by atoms with E-state index in [1.54, 1.807) is 0 Å². The average Bonchev–Trinajstić information content (AvgIpc) is 2.65. The van der Waals surface area contributed by atoms with Crippen LogP contribution in [0, 0.1) is 0 Å². The predicted octanol–water partition coefficient (Wildman–Crippen LogP) is 3.49. The first-order valence-corrected chi connectivity index (χ1v) is 5.86. The lowest BCUT2D eigenvalue weighted by atomic mass is 10.3. The summed E-state index contributed by atoms with van der Waals surface area (Å²) >= 11 is 9.45. The number of nitrogens with zero attached hydrogens (tertiary/aromatic N) is 2. The molecule has 0 amide bonds. The zero-order chi connectivity index (χ0) is 11.3. The Morgan fingerprint density at radius 1 is 1.38 bits per heavy atom. The van der Waals surface area contributed by atoms with Crippen LogP contribution in [0.3, 0.4) is 0 Å². The van der Waals surface area contributed by atoms with Gasteiger partial charge in [-0.05, 0) is 34.1 Å². The van der Waals surface area contributed by atoms with Crippen LogP contribution in [0.2, 0.25) is 5.02 Å². The summed E-state index contributed by atoms with van der Waals surface area (Å²) in [4.78, 5) is 4.45. The van der Waals surface area contributed by atoms with E-state index in [0.29, 0.717) is 10.7 Å². The Hall–Kier alpha value is -1.26. The Kier molecular flexibility index (Phi) is 2.09. The van der Waals surface area contributed by atoms with E-state index in [0.717, 1.165) is 21.2 Å². The maximum Gasteiger partial charge on any atom is 0.137 e. The van der Waals surface area contributed by atoms with Gasteiger partial charge in [-0.3, -0.25) is 4.40 Å². The summed E-state index contributed by atoms with van der Waals surface area (Å²) < 4.78 is 2.76. The van der Waals surface area contributed by atoms with Crippen LogP contribution in [0.4, 0.5) is 5.69 Å². The molecule has 0 saturated heterocycles. The molecule has 3 nitrogen and oxygen atoms in total. The maximum atomic E-state index is 6.06. The molecule has 0 unspecified atom stereocenters. The quantitative estimate of drug-likeness (QED) is 0.645. The Bertz CT molecular complexity index is 705. The molecule has 0 spiro atoms. The van der Waals surface area contributed by atoms with Gasteiger partial charge in [0.05, 0.1) is 16.2 Å². The van der Waals surface area contributed by atoms with E-state index in [1.165, 1.54) is 0 Å². The van der Waals surface area contributed by atoms with Gasteiger partial charge in [-0.15, -0.1) is 0 Å². The Morgan fingerprint density at radius 2 is 2.19 bits per heavy atom. The van der Waals surface area contributed by atoms with Gasteiger partial charge >= 0.3 is 0 Å². The zero-order valence-corrected chi connectivity index (χ0v) is 10.5. The van der Waals surface area contributed by atoms with Crippen LogP contribution in [-0.2, 0) is 0 Å². The number of anilines is 1. The molecule has 2 heterocycles. The average molecular weight is 297 g/mol. The standard InChI is InChI=1S/C11H7BrClN3/c12-6-5-7-11(10(14)9(6)13)15-8-3-1-2-4-16(7)8/h1-5H,14H2. The number of benzene rings is 1. The third-order valence-electron chi connectivity index (χ3n) is 2.53. The van der Waals surface area contributed by atoms with E-state index in [4.69, 9.17) is 17.3 Å². The van der Waals surface area contributed by atoms with Crippen molar-refractivity contribution in [1.29, 1.82) is 0 Å². The van der Waals surface area contributed by atoms with E-state index in [2.05, 4.69) is 20.9 Å². The van der Waals surface area contributed by atoms with Gasteiger partial charge in [-0.25, -0.2) is 4.98 Å².